The van der Waals surface area contributed by atoms with Gasteiger partial charge in [0.1, 0.15) is 5.82 Å². The minimum atomic E-state index is -0.660. The predicted octanol–water partition coefficient (Wildman–Crippen LogP) is 1.07. The second-order valence-corrected chi connectivity index (χ2v) is 6.12. The van der Waals surface area contributed by atoms with Crippen LogP contribution in [0.25, 0.3) is 10.9 Å². The van der Waals surface area contributed by atoms with Crippen LogP contribution in [0.5, 0.6) is 0 Å². The molecule has 0 spiro atoms. The Morgan fingerprint density at radius 1 is 1.46 bits per heavy atom. The number of halogens is 1. The van der Waals surface area contributed by atoms with E-state index < -0.39 is 11.9 Å². The third-order valence-electron chi connectivity index (χ3n) is 4.29. The lowest BCUT2D eigenvalue weighted by molar-refractivity contribution is 0.00880. The number of nitrogens with one attached hydrogen (secondary N) is 1. The van der Waals surface area contributed by atoms with Gasteiger partial charge in [0.25, 0.3) is 5.91 Å². The van der Waals surface area contributed by atoms with Crippen LogP contribution in [0.4, 0.5) is 4.39 Å². The van der Waals surface area contributed by atoms with E-state index in [1.807, 2.05) is 0 Å². The largest absolute Gasteiger partial charge is 0.390 e. The molecule has 0 aliphatic carbocycles. The Balaban J connectivity index is 1.65. The Bertz CT molecular complexity index is 712. The van der Waals surface area contributed by atoms with Crippen molar-refractivity contribution in [2.75, 3.05) is 46.4 Å². The first-order valence-electron chi connectivity index (χ1n) is 8.05. The first-order chi connectivity index (χ1) is 11.6. The molecule has 0 radical (unpaired) electrons. The van der Waals surface area contributed by atoms with Crippen LogP contribution in [0.2, 0.25) is 0 Å². The maximum atomic E-state index is 14.0. The van der Waals surface area contributed by atoms with Gasteiger partial charge in [-0.2, -0.15) is 0 Å². The fourth-order valence-corrected chi connectivity index (χ4v) is 3.05. The van der Waals surface area contributed by atoms with Gasteiger partial charge in [0.15, 0.2) is 0 Å². The number of likely N-dealkylation sites (N-methyl/N-ethyl adjacent to an activating group) is 1. The van der Waals surface area contributed by atoms with Crippen molar-refractivity contribution in [2.45, 2.75) is 6.10 Å². The van der Waals surface area contributed by atoms with Gasteiger partial charge in [-0.05, 0) is 12.1 Å². The highest BCUT2D eigenvalue weighted by atomic mass is 19.1. The molecule has 1 amide bonds. The lowest BCUT2D eigenvalue weighted by Gasteiger charge is -2.30. The monoisotopic (exact) mass is 335 g/mol. The number of ether oxygens (including phenoxy) is 1. The summed E-state index contributed by atoms with van der Waals surface area (Å²) in [6.45, 7) is 3.57. The molecule has 3 rings (SSSR count). The molecule has 2 heterocycles. The van der Waals surface area contributed by atoms with Gasteiger partial charge in [-0.3, -0.25) is 9.69 Å². The zero-order chi connectivity index (χ0) is 17.1. The van der Waals surface area contributed by atoms with E-state index in [9.17, 15) is 14.3 Å². The van der Waals surface area contributed by atoms with E-state index in [1.165, 1.54) is 17.2 Å². The summed E-state index contributed by atoms with van der Waals surface area (Å²) in [5, 5.41) is 10.5. The van der Waals surface area contributed by atoms with Crippen LogP contribution < -0.4 is 0 Å². The van der Waals surface area contributed by atoms with Crippen molar-refractivity contribution in [1.82, 2.24) is 14.8 Å². The number of aliphatic hydroxyl groups is 1. The minimum Gasteiger partial charge on any atom is -0.390 e. The minimum absolute atomic E-state index is 0.192. The zero-order valence-corrected chi connectivity index (χ0v) is 13.7. The molecule has 1 aromatic heterocycles. The van der Waals surface area contributed by atoms with Crippen LogP contribution in [-0.2, 0) is 4.74 Å². The van der Waals surface area contributed by atoms with Gasteiger partial charge in [0.2, 0.25) is 0 Å². The number of morpholine rings is 1. The van der Waals surface area contributed by atoms with E-state index in [0.29, 0.717) is 25.3 Å². The number of hydrogen-bond donors (Lipinski definition) is 2. The summed E-state index contributed by atoms with van der Waals surface area (Å²) in [6.07, 6.45) is 0.855. The van der Waals surface area contributed by atoms with Gasteiger partial charge >= 0.3 is 0 Å². The first-order valence-corrected chi connectivity index (χ1v) is 8.05. The number of nitrogens with zero attached hydrogens (tertiary/aromatic N) is 2. The van der Waals surface area contributed by atoms with Crippen LogP contribution in [0, 0.1) is 5.82 Å². The fraction of sp³-hybridized carbons (Fsp3) is 0.471. The number of benzene rings is 1. The SMILES string of the molecule is CN(CC(O)CN1CCOCC1)C(=O)c1c[nH]c2cccc(F)c12. The topological polar surface area (TPSA) is 68.8 Å². The molecule has 1 unspecified atom stereocenters. The average Bonchev–Trinajstić information content (AvgIpc) is 3.00. The summed E-state index contributed by atoms with van der Waals surface area (Å²) < 4.78 is 19.3. The molecule has 1 saturated heterocycles. The van der Waals surface area contributed by atoms with Crippen molar-refractivity contribution in [3.63, 3.8) is 0 Å². The van der Waals surface area contributed by atoms with E-state index in [4.69, 9.17) is 4.74 Å². The van der Waals surface area contributed by atoms with Crippen LogP contribution in [0.3, 0.4) is 0 Å². The van der Waals surface area contributed by atoms with Crippen molar-refractivity contribution in [1.29, 1.82) is 0 Å². The van der Waals surface area contributed by atoms with Gasteiger partial charge in [-0.25, -0.2) is 4.39 Å². The molecule has 0 saturated carbocycles. The fourth-order valence-electron chi connectivity index (χ4n) is 3.05. The van der Waals surface area contributed by atoms with Crippen molar-refractivity contribution in [3.05, 3.63) is 35.8 Å². The maximum absolute atomic E-state index is 14.0. The van der Waals surface area contributed by atoms with Crippen LogP contribution >= 0.6 is 0 Å². The molecule has 1 aliphatic heterocycles. The molecule has 1 aromatic carbocycles. The van der Waals surface area contributed by atoms with Crippen molar-refractivity contribution >= 4 is 16.8 Å². The lowest BCUT2D eigenvalue weighted by atomic mass is 10.1. The number of fused-ring (bicyclic) bond motifs is 1. The Hall–Kier alpha value is -1.96. The van der Waals surface area contributed by atoms with Gasteiger partial charge in [0, 0.05) is 50.3 Å². The normalized spacial score (nSPS) is 17.1. The molecule has 130 valence electrons. The number of aliphatic hydroxyl groups excluding tert-OH is 1. The zero-order valence-electron chi connectivity index (χ0n) is 13.7. The number of aromatic nitrogens is 1. The number of carbonyl (C=O) groups excluding carboxylic acids is 1. The van der Waals surface area contributed by atoms with Gasteiger partial charge in [-0.15, -0.1) is 0 Å². The summed E-state index contributed by atoms with van der Waals surface area (Å²) in [5.41, 5.74) is 0.866. The Labute approximate surface area is 139 Å². The van der Waals surface area contributed by atoms with E-state index >= 15 is 0 Å². The number of rotatable bonds is 5. The van der Waals surface area contributed by atoms with E-state index in [-0.39, 0.29) is 23.4 Å². The summed E-state index contributed by atoms with van der Waals surface area (Å²) >= 11 is 0. The number of hydrogen-bond acceptors (Lipinski definition) is 4. The third kappa shape index (κ3) is 3.58. The smallest absolute Gasteiger partial charge is 0.255 e. The molecule has 24 heavy (non-hydrogen) atoms. The Morgan fingerprint density at radius 2 is 2.21 bits per heavy atom. The molecule has 2 aromatic rings. The second-order valence-electron chi connectivity index (χ2n) is 6.12. The summed E-state index contributed by atoms with van der Waals surface area (Å²) in [5.74, 6) is -0.744. The van der Waals surface area contributed by atoms with Crippen molar-refractivity contribution in [2.24, 2.45) is 0 Å². The molecule has 6 nitrogen and oxygen atoms in total. The standard InChI is InChI=1S/C17H22FN3O3/c1-20(10-12(22)11-21-5-7-24-8-6-21)17(23)13-9-19-15-4-2-3-14(18)16(13)15/h2-4,9,12,19,22H,5-8,10-11H2,1H3. The first kappa shape index (κ1) is 16.9. The van der Waals surface area contributed by atoms with E-state index in [0.717, 1.165) is 13.1 Å². The highest BCUT2D eigenvalue weighted by Crippen LogP contribution is 2.22. The molecular formula is C17H22FN3O3. The summed E-state index contributed by atoms with van der Waals surface area (Å²) in [4.78, 5) is 19.0. The highest BCUT2D eigenvalue weighted by molar-refractivity contribution is 6.06. The molecule has 2 N–H and O–H groups in total. The molecule has 7 heteroatoms. The maximum Gasteiger partial charge on any atom is 0.255 e. The Morgan fingerprint density at radius 3 is 2.96 bits per heavy atom. The number of carbonyl (C=O) groups is 1. The highest BCUT2D eigenvalue weighted by Gasteiger charge is 2.22. The van der Waals surface area contributed by atoms with E-state index in [1.54, 1.807) is 19.2 Å². The third-order valence-corrected chi connectivity index (χ3v) is 4.29. The number of amides is 1. The summed E-state index contributed by atoms with van der Waals surface area (Å²) in [6, 6.07) is 4.65. The number of H-pyrrole nitrogens is 1. The van der Waals surface area contributed by atoms with Gasteiger partial charge < -0.3 is 19.7 Å². The van der Waals surface area contributed by atoms with Gasteiger partial charge in [0.05, 0.1) is 24.9 Å². The molecule has 1 fully saturated rings. The molecule has 0 bridgehead atoms. The van der Waals surface area contributed by atoms with E-state index in [2.05, 4.69) is 9.88 Å². The van der Waals surface area contributed by atoms with Crippen LogP contribution in [0.15, 0.2) is 24.4 Å². The predicted molar refractivity (Wildman–Crippen MR) is 88.5 cm³/mol. The second kappa shape index (κ2) is 7.29. The number of β-amino-alcohol motifs (C(OH)–C–C–N with tert-alkyl or cyclic N) is 1. The molecule has 1 aliphatic rings. The summed E-state index contributed by atoms with van der Waals surface area (Å²) in [7, 11) is 1.62. The molecular weight excluding hydrogens is 313 g/mol. The average molecular weight is 335 g/mol. The quantitative estimate of drug-likeness (QED) is 0.858. The number of aromatic amines is 1. The van der Waals surface area contributed by atoms with Crippen molar-refractivity contribution < 1.29 is 19.0 Å². The molecule has 1 atom stereocenters. The van der Waals surface area contributed by atoms with Crippen LogP contribution in [0.1, 0.15) is 10.4 Å². The Kier molecular flexibility index (Phi) is 5.13. The lowest BCUT2D eigenvalue weighted by Crippen LogP contribution is -2.45. The van der Waals surface area contributed by atoms with Crippen molar-refractivity contribution in [3.8, 4) is 0 Å². The van der Waals surface area contributed by atoms with Gasteiger partial charge in [-0.1, -0.05) is 6.07 Å². The van der Waals surface area contributed by atoms with Crippen LogP contribution in [-0.4, -0.2) is 78.3 Å².